The standard InChI is InChI=1S/C16H14.C2H4/c1-11-7-8-15-9-13-5-3-4-6-14(13)10-16(15)12(11)2;1-2/h3-10H,1-2H3;1-2H2. The minimum Gasteiger partial charge on any atom is -0.106 e. The summed E-state index contributed by atoms with van der Waals surface area (Å²) in [6, 6.07) is 17.5. The van der Waals surface area contributed by atoms with Crippen molar-refractivity contribution in [3.05, 3.63) is 72.8 Å². The summed E-state index contributed by atoms with van der Waals surface area (Å²) in [6.45, 7) is 10.4. The Balaban J connectivity index is 0.000000574. The fourth-order valence-corrected chi connectivity index (χ4v) is 2.27. The third kappa shape index (κ3) is 2.02. The van der Waals surface area contributed by atoms with Gasteiger partial charge in [0.25, 0.3) is 0 Å². The Morgan fingerprint density at radius 2 is 1.33 bits per heavy atom. The molecule has 0 N–H and O–H groups in total. The predicted molar refractivity (Wildman–Crippen MR) is 82.2 cm³/mol. The molecule has 90 valence electrons. The number of aryl methyl sites for hydroxylation is 2. The normalized spacial score (nSPS) is 10.1. The van der Waals surface area contributed by atoms with Crippen LogP contribution in [0.4, 0.5) is 0 Å². The Bertz CT molecular complexity index is 693. The van der Waals surface area contributed by atoms with Crippen LogP contribution in [0.3, 0.4) is 0 Å². The van der Waals surface area contributed by atoms with Gasteiger partial charge in [-0.15, -0.1) is 13.2 Å². The van der Waals surface area contributed by atoms with E-state index in [1.807, 2.05) is 0 Å². The van der Waals surface area contributed by atoms with E-state index in [1.165, 1.54) is 32.7 Å². The highest BCUT2D eigenvalue weighted by Gasteiger charge is 2.01. The van der Waals surface area contributed by atoms with Crippen LogP contribution in [0.5, 0.6) is 0 Å². The molecule has 0 fully saturated rings. The number of rotatable bonds is 0. The maximum absolute atomic E-state index is 3.00. The molecule has 0 amide bonds. The molecule has 0 spiro atoms. The smallest absolute Gasteiger partial charge is 0.0146 e. The summed E-state index contributed by atoms with van der Waals surface area (Å²) in [7, 11) is 0. The second kappa shape index (κ2) is 5.05. The Hall–Kier alpha value is -2.08. The van der Waals surface area contributed by atoms with Gasteiger partial charge < -0.3 is 0 Å². The molecule has 18 heavy (non-hydrogen) atoms. The van der Waals surface area contributed by atoms with Gasteiger partial charge >= 0.3 is 0 Å². The molecule has 3 rings (SSSR count). The third-order valence-electron chi connectivity index (χ3n) is 3.43. The Labute approximate surface area is 109 Å². The fourth-order valence-electron chi connectivity index (χ4n) is 2.27. The van der Waals surface area contributed by atoms with E-state index >= 15 is 0 Å². The molecule has 0 nitrogen and oxygen atoms in total. The minimum absolute atomic E-state index is 1.32. The summed E-state index contributed by atoms with van der Waals surface area (Å²) in [4.78, 5) is 0. The van der Waals surface area contributed by atoms with E-state index in [0.29, 0.717) is 0 Å². The summed E-state index contributed by atoms with van der Waals surface area (Å²) in [5.74, 6) is 0. The van der Waals surface area contributed by atoms with Gasteiger partial charge in [0.05, 0.1) is 0 Å². The van der Waals surface area contributed by atoms with Crippen LogP contribution in [0.25, 0.3) is 21.5 Å². The van der Waals surface area contributed by atoms with Crippen molar-refractivity contribution in [1.82, 2.24) is 0 Å². The minimum atomic E-state index is 1.32. The van der Waals surface area contributed by atoms with Gasteiger partial charge in [0, 0.05) is 0 Å². The van der Waals surface area contributed by atoms with Crippen molar-refractivity contribution in [1.29, 1.82) is 0 Å². The lowest BCUT2D eigenvalue weighted by Crippen LogP contribution is -1.84. The summed E-state index contributed by atoms with van der Waals surface area (Å²) in [5.41, 5.74) is 2.76. The van der Waals surface area contributed by atoms with Gasteiger partial charge in [-0.25, -0.2) is 0 Å². The molecule has 0 unspecified atom stereocenters. The highest BCUT2D eigenvalue weighted by molar-refractivity contribution is 5.99. The van der Waals surface area contributed by atoms with Crippen molar-refractivity contribution >= 4 is 21.5 Å². The van der Waals surface area contributed by atoms with Crippen LogP contribution in [0, 0.1) is 13.8 Å². The number of benzene rings is 3. The lowest BCUT2D eigenvalue weighted by atomic mass is 9.97. The van der Waals surface area contributed by atoms with Crippen molar-refractivity contribution in [3.8, 4) is 0 Å². The van der Waals surface area contributed by atoms with Crippen molar-refractivity contribution < 1.29 is 0 Å². The largest absolute Gasteiger partial charge is 0.106 e. The maximum atomic E-state index is 3.00. The van der Waals surface area contributed by atoms with Gasteiger partial charge in [0.2, 0.25) is 0 Å². The summed E-state index contributed by atoms with van der Waals surface area (Å²) in [6.07, 6.45) is 0. The van der Waals surface area contributed by atoms with Crippen molar-refractivity contribution in [2.45, 2.75) is 13.8 Å². The zero-order chi connectivity index (χ0) is 13.1. The molecule has 0 aliphatic heterocycles. The molecule has 3 aromatic carbocycles. The third-order valence-corrected chi connectivity index (χ3v) is 3.43. The molecule has 0 bridgehead atoms. The van der Waals surface area contributed by atoms with Crippen molar-refractivity contribution in [2.24, 2.45) is 0 Å². The Morgan fingerprint density at radius 1 is 0.722 bits per heavy atom. The van der Waals surface area contributed by atoms with Crippen molar-refractivity contribution in [3.63, 3.8) is 0 Å². The summed E-state index contributed by atoms with van der Waals surface area (Å²) in [5, 5.41) is 5.35. The molecule has 0 saturated heterocycles. The molecule has 0 atom stereocenters. The van der Waals surface area contributed by atoms with E-state index in [2.05, 4.69) is 75.5 Å². The molecule has 3 aromatic rings. The molecule has 0 aromatic heterocycles. The molecule has 0 saturated carbocycles. The van der Waals surface area contributed by atoms with E-state index in [9.17, 15) is 0 Å². The molecule has 0 heterocycles. The number of hydrogen-bond acceptors (Lipinski definition) is 0. The van der Waals surface area contributed by atoms with Crippen LogP contribution in [0.15, 0.2) is 61.7 Å². The van der Waals surface area contributed by atoms with Gasteiger partial charge in [-0.1, -0.05) is 36.4 Å². The predicted octanol–water partition coefficient (Wildman–Crippen LogP) is 5.41. The van der Waals surface area contributed by atoms with E-state index in [0.717, 1.165) is 0 Å². The molecule has 0 heteroatoms. The van der Waals surface area contributed by atoms with Gasteiger partial charge in [0.15, 0.2) is 0 Å². The first kappa shape index (κ1) is 12.4. The fraction of sp³-hybridized carbons (Fsp3) is 0.111. The van der Waals surface area contributed by atoms with Crippen LogP contribution in [-0.4, -0.2) is 0 Å². The topological polar surface area (TPSA) is 0 Å². The number of fused-ring (bicyclic) bond motifs is 2. The molecule has 0 aliphatic rings. The van der Waals surface area contributed by atoms with Gasteiger partial charge in [-0.3, -0.25) is 0 Å². The van der Waals surface area contributed by atoms with Crippen LogP contribution >= 0.6 is 0 Å². The molecular formula is C18H18. The summed E-state index contributed by atoms with van der Waals surface area (Å²) < 4.78 is 0. The van der Waals surface area contributed by atoms with E-state index in [4.69, 9.17) is 0 Å². The second-order valence-corrected chi connectivity index (χ2v) is 4.43. The van der Waals surface area contributed by atoms with Crippen LogP contribution < -0.4 is 0 Å². The van der Waals surface area contributed by atoms with Crippen molar-refractivity contribution in [2.75, 3.05) is 0 Å². The first-order chi connectivity index (χ1) is 8.75. The summed E-state index contributed by atoms with van der Waals surface area (Å²) >= 11 is 0. The quantitative estimate of drug-likeness (QED) is 0.360. The van der Waals surface area contributed by atoms with Gasteiger partial charge in [-0.2, -0.15) is 0 Å². The van der Waals surface area contributed by atoms with E-state index in [-0.39, 0.29) is 0 Å². The highest BCUT2D eigenvalue weighted by atomic mass is 14.1. The van der Waals surface area contributed by atoms with Crippen LogP contribution in [-0.2, 0) is 0 Å². The highest BCUT2D eigenvalue weighted by Crippen LogP contribution is 2.26. The second-order valence-electron chi connectivity index (χ2n) is 4.43. The monoisotopic (exact) mass is 234 g/mol. The van der Waals surface area contributed by atoms with E-state index in [1.54, 1.807) is 0 Å². The zero-order valence-corrected chi connectivity index (χ0v) is 11.0. The Kier molecular flexibility index (Phi) is 3.47. The van der Waals surface area contributed by atoms with Gasteiger partial charge in [-0.05, 0) is 58.7 Å². The first-order valence-electron chi connectivity index (χ1n) is 6.14. The zero-order valence-electron chi connectivity index (χ0n) is 11.0. The SMILES string of the molecule is C=C.Cc1ccc2cc3ccccc3cc2c1C. The molecule has 0 aliphatic carbocycles. The van der Waals surface area contributed by atoms with E-state index < -0.39 is 0 Å². The average Bonchev–Trinajstić information content (AvgIpc) is 2.44. The maximum Gasteiger partial charge on any atom is -0.0146 e. The average molecular weight is 234 g/mol. The molecule has 0 radical (unpaired) electrons. The first-order valence-corrected chi connectivity index (χ1v) is 6.14. The van der Waals surface area contributed by atoms with Crippen LogP contribution in [0.1, 0.15) is 11.1 Å². The lowest BCUT2D eigenvalue weighted by molar-refractivity contribution is 1.38. The Morgan fingerprint density at radius 3 is 2.00 bits per heavy atom. The number of hydrogen-bond donors (Lipinski definition) is 0. The van der Waals surface area contributed by atoms with Gasteiger partial charge in [0.1, 0.15) is 0 Å². The lowest BCUT2D eigenvalue weighted by Gasteiger charge is -2.07. The molecular weight excluding hydrogens is 216 g/mol. The van der Waals surface area contributed by atoms with Crippen LogP contribution in [0.2, 0.25) is 0 Å².